The molecule has 0 aliphatic rings. The quantitative estimate of drug-likeness (QED) is 0.821. The molecule has 0 atom stereocenters. The molecule has 0 radical (unpaired) electrons. The fourth-order valence-electron chi connectivity index (χ4n) is 1.17. The Morgan fingerprint density at radius 3 is 2.56 bits per heavy atom. The average Bonchev–Trinajstić information content (AvgIpc) is 2.58. The van der Waals surface area contributed by atoms with Gasteiger partial charge in [-0.25, -0.2) is 13.4 Å². The molecule has 2 rings (SSSR count). The molecular formula is C8H6Cl2N2O2S2. The number of nitrogens with zero attached hydrogens (tertiary/aromatic N) is 1. The van der Waals surface area contributed by atoms with Crippen LogP contribution in [-0.2, 0) is 9.84 Å². The first-order valence-corrected chi connectivity index (χ1v) is 7.51. The summed E-state index contributed by atoms with van der Waals surface area (Å²) in [6.45, 7) is 0. The summed E-state index contributed by atoms with van der Waals surface area (Å²) in [5.74, 6) is 0. The first-order valence-electron chi connectivity index (χ1n) is 4.05. The average molecular weight is 297 g/mol. The normalized spacial score (nSPS) is 12.2. The van der Waals surface area contributed by atoms with E-state index < -0.39 is 9.84 Å². The number of anilines is 1. The van der Waals surface area contributed by atoms with Crippen LogP contribution in [0.1, 0.15) is 0 Å². The molecule has 1 aromatic heterocycles. The maximum atomic E-state index is 11.3. The van der Waals surface area contributed by atoms with Gasteiger partial charge in [0.05, 0.1) is 20.4 Å². The molecule has 16 heavy (non-hydrogen) atoms. The van der Waals surface area contributed by atoms with Gasteiger partial charge >= 0.3 is 0 Å². The third kappa shape index (κ3) is 1.86. The van der Waals surface area contributed by atoms with Gasteiger partial charge in [0, 0.05) is 6.26 Å². The third-order valence-corrected chi connectivity index (χ3v) is 5.27. The van der Waals surface area contributed by atoms with E-state index >= 15 is 0 Å². The predicted molar refractivity (Wildman–Crippen MR) is 67.2 cm³/mol. The summed E-state index contributed by atoms with van der Waals surface area (Å²) in [7, 11) is -3.36. The van der Waals surface area contributed by atoms with Crippen molar-refractivity contribution in [1.82, 2.24) is 4.98 Å². The highest BCUT2D eigenvalue weighted by molar-refractivity contribution is 7.92. The molecule has 0 amide bonds. The third-order valence-electron chi connectivity index (χ3n) is 1.91. The number of aromatic nitrogens is 1. The number of nitrogens with two attached hydrogens (primary N) is 1. The zero-order valence-electron chi connectivity index (χ0n) is 7.99. The molecule has 0 spiro atoms. The second-order valence-electron chi connectivity index (χ2n) is 3.18. The van der Waals surface area contributed by atoms with Gasteiger partial charge in [0.25, 0.3) is 0 Å². The molecule has 0 saturated carbocycles. The monoisotopic (exact) mass is 296 g/mol. The lowest BCUT2D eigenvalue weighted by atomic mass is 10.3. The van der Waals surface area contributed by atoms with Crippen LogP contribution in [0, 0.1) is 0 Å². The van der Waals surface area contributed by atoms with Gasteiger partial charge in [-0.2, -0.15) is 0 Å². The highest BCUT2D eigenvalue weighted by Crippen LogP contribution is 2.38. The van der Waals surface area contributed by atoms with Gasteiger partial charge in [0.2, 0.25) is 14.2 Å². The van der Waals surface area contributed by atoms with Crippen LogP contribution < -0.4 is 5.73 Å². The van der Waals surface area contributed by atoms with E-state index in [0.717, 1.165) is 17.6 Å². The van der Waals surface area contributed by atoms with Crippen LogP contribution in [0.4, 0.5) is 5.69 Å². The minimum absolute atomic E-state index is 0.0154. The Morgan fingerprint density at radius 1 is 1.38 bits per heavy atom. The van der Waals surface area contributed by atoms with Crippen molar-refractivity contribution < 1.29 is 8.42 Å². The number of benzene rings is 1. The molecular weight excluding hydrogens is 291 g/mol. The number of fused-ring (bicyclic) bond motifs is 1. The molecule has 0 fully saturated rings. The van der Waals surface area contributed by atoms with E-state index in [1.807, 2.05) is 0 Å². The van der Waals surface area contributed by atoms with Gasteiger partial charge in [0.1, 0.15) is 5.52 Å². The summed E-state index contributed by atoms with van der Waals surface area (Å²) < 4.78 is 23.2. The highest BCUT2D eigenvalue weighted by Gasteiger charge is 2.18. The fraction of sp³-hybridized carbons (Fsp3) is 0.125. The maximum Gasteiger partial charge on any atom is 0.210 e. The Labute approximate surface area is 106 Å². The molecule has 0 saturated heterocycles. The minimum atomic E-state index is -3.36. The van der Waals surface area contributed by atoms with Gasteiger partial charge in [-0.3, -0.25) is 0 Å². The van der Waals surface area contributed by atoms with Gasteiger partial charge in [-0.05, 0) is 6.07 Å². The summed E-state index contributed by atoms with van der Waals surface area (Å²) in [6, 6.07) is 1.45. The van der Waals surface area contributed by atoms with Crippen LogP contribution in [-0.4, -0.2) is 19.7 Å². The van der Waals surface area contributed by atoms with E-state index in [0.29, 0.717) is 25.9 Å². The van der Waals surface area contributed by atoms with Crippen LogP contribution >= 0.6 is 34.5 Å². The first-order chi connectivity index (χ1) is 7.30. The topological polar surface area (TPSA) is 73.0 Å². The number of hydrogen-bond donors (Lipinski definition) is 1. The van der Waals surface area contributed by atoms with Crippen molar-refractivity contribution in [2.45, 2.75) is 4.34 Å². The smallest absolute Gasteiger partial charge is 0.210 e. The first kappa shape index (κ1) is 11.9. The van der Waals surface area contributed by atoms with Gasteiger partial charge < -0.3 is 5.73 Å². The van der Waals surface area contributed by atoms with Crippen LogP contribution in [0.3, 0.4) is 0 Å². The molecule has 0 unspecified atom stereocenters. The lowest BCUT2D eigenvalue weighted by molar-refractivity contribution is 0.601. The predicted octanol–water partition coefficient (Wildman–Crippen LogP) is 2.59. The van der Waals surface area contributed by atoms with Crippen molar-refractivity contribution in [3.05, 3.63) is 16.1 Å². The minimum Gasteiger partial charge on any atom is -0.396 e. The van der Waals surface area contributed by atoms with Crippen molar-refractivity contribution in [3.63, 3.8) is 0 Å². The van der Waals surface area contributed by atoms with E-state index in [4.69, 9.17) is 28.9 Å². The summed E-state index contributed by atoms with van der Waals surface area (Å²) >= 11 is 12.7. The lowest BCUT2D eigenvalue weighted by Gasteiger charge is -1.99. The molecule has 2 N–H and O–H groups in total. The fourth-order valence-corrected chi connectivity index (χ4v) is 3.68. The number of thiazole rings is 1. The molecule has 86 valence electrons. The highest BCUT2D eigenvalue weighted by atomic mass is 35.5. The largest absolute Gasteiger partial charge is 0.396 e. The number of halogens is 2. The van der Waals surface area contributed by atoms with E-state index in [-0.39, 0.29) is 4.34 Å². The van der Waals surface area contributed by atoms with Crippen LogP contribution in [0.2, 0.25) is 10.0 Å². The number of sulfone groups is 1. The Kier molecular flexibility index (Phi) is 2.78. The van der Waals surface area contributed by atoms with Gasteiger partial charge in [-0.15, -0.1) is 11.3 Å². The SMILES string of the molecule is CS(=O)(=O)c1nc2c(Cl)cc(Cl)c(N)c2s1. The molecule has 1 heterocycles. The van der Waals surface area contributed by atoms with Gasteiger partial charge in [-0.1, -0.05) is 23.2 Å². The summed E-state index contributed by atoms with van der Waals surface area (Å²) in [4.78, 5) is 3.95. The number of hydrogen-bond acceptors (Lipinski definition) is 5. The van der Waals surface area contributed by atoms with E-state index in [1.165, 1.54) is 6.07 Å². The zero-order valence-corrected chi connectivity index (χ0v) is 11.1. The maximum absolute atomic E-state index is 11.3. The van der Waals surface area contributed by atoms with Crippen LogP contribution in [0.15, 0.2) is 10.4 Å². The Hall–Kier alpha value is -0.560. The summed E-state index contributed by atoms with van der Waals surface area (Å²) in [5.41, 5.74) is 6.40. The number of rotatable bonds is 1. The molecule has 0 aliphatic carbocycles. The van der Waals surface area contributed by atoms with E-state index in [2.05, 4.69) is 4.98 Å². The molecule has 2 aromatic rings. The molecule has 1 aromatic carbocycles. The Morgan fingerprint density at radius 2 is 2.00 bits per heavy atom. The second-order valence-corrected chi connectivity index (χ2v) is 7.19. The zero-order chi connectivity index (χ0) is 12.1. The molecule has 4 nitrogen and oxygen atoms in total. The van der Waals surface area contributed by atoms with Crippen LogP contribution in [0.5, 0.6) is 0 Å². The van der Waals surface area contributed by atoms with Crippen molar-refractivity contribution in [2.75, 3.05) is 12.0 Å². The van der Waals surface area contributed by atoms with Crippen molar-refractivity contribution in [3.8, 4) is 0 Å². The molecule has 8 heteroatoms. The van der Waals surface area contributed by atoms with Crippen molar-refractivity contribution >= 4 is 60.3 Å². The molecule has 0 bridgehead atoms. The summed E-state index contributed by atoms with van der Waals surface area (Å²) in [6.07, 6.45) is 1.08. The molecule has 0 aliphatic heterocycles. The second kappa shape index (κ2) is 3.73. The summed E-state index contributed by atoms with van der Waals surface area (Å²) in [5, 5.41) is 0.585. The Balaban J connectivity index is 2.91. The standard InChI is InChI=1S/C8H6Cl2N2O2S2/c1-16(13,14)8-12-6-4(10)2-3(9)5(11)7(6)15-8/h2H,11H2,1H3. The van der Waals surface area contributed by atoms with Gasteiger partial charge in [0.15, 0.2) is 0 Å². The van der Waals surface area contributed by atoms with Crippen molar-refractivity contribution in [1.29, 1.82) is 0 Å². The Bertz CT molecular complexity index is 679. The van der Waals surface area contributed by atoms with Crippen LogP contribution in [0.25, 0.3) is 10.2 Å². The van der Waals surface area contributed by atoms with Crippen molar-refractivity contribution in [2.24, 2.45) is 0 Å². The van der Waals surface area contributed by atoms with E-state index in [9.17, 15) is 8.42 Å². The number of nitrogen functional groups attached to an aromatic ring is 1. The van der Waals surface area contributed by atoms with E-state index in [1.54, 1.807) is 0 Å². The lowest BCUT2D eigenvalue weighted by Crippen LogP contribution is -1.94.